The maximum atomic E-state index is 11.0. The summed E-state index contributed by atoms with van der Waals surface area (Å²) in [5.41, 5.74) is 5.00. The summed E-state index contributed by atoms with van der Waals surface area (Å²) in [7, 11) is 0. The lowest BCUT2D eigenvalue weighted by molar-refractivity contribution is -0.104. The second kappa shape index (κ2) is 6.15. The molecular weight excluding hydrogens is 268 g/mol. The van der Waals surface area contributed by atoms with Crippen LogP contribution in [-0.4, -0.2) is 6.29 Å². The highest BCUT2D eigenvalue weighted by molar-refractivity contribution is 5.67. The van der Waals surface area contributed by atoms with Gasteiger partial charge in [0.25, 0.3) is 0 Å². The van der Waals surface area contributed by atoms with Gasteiger partial charge in [0.2, 0.25) is 0 Å². The van der Waals surface area contributed by atoms with Gasteiger partial charge < -0.3 is 0 Å². The van der Waals surface area contributed by atoms with Crippen LogP contribution >= 0.6 is 0 Å². The van der Waals surface area contributed by atoms with Gasteiger partial charge in [-0.15, -0.1) is 6.58 Å². The third-order valence-corrected chi connectivity index (χ3v) is 4.59. The highest BCUT2D eigenvalue weighted by atomic mass is 16.1. The van der Waals surface area contributed by atoms with E-state index in [-0.39, 0.29) is 5.41 Å². The number of carbonyl (C=O) groups excluding carboxylic acids is 1. The Kier molecular flexibility index (Phi) is 4.06. The minimum atomic E-state index is -0.299. The normalized spacial score (nSPS) is 15.6. The van der Waals surface area contributed by atoms with Crippen LogP contribution in [-0.2, 0) is 23.1 Å². The first-order valence-corrected chi connectivity index (χ1v) is 7.72. The van der Waals surface area contributed by atoms with Crippen LogP contribution in [0.1, 0.15) is 28.7 Å². The van der Waals surface area contributed by atoms with Crippen molar-refractivity contribution in [2.45, 2.75) is 24.7 Å². The predicted octanol–water partition coefficient (Wildman–Crippen LogP) is 4.40. The highest BCUT2D eigenvalue weighted by Gasteiger charge is 2.35. The fraction of sp³-hybridized carbons (Fsp3) is 0.190. The van der Waals surface area contributed by atoms with E-state index in [0.29, 0.717) is 0 Å². The van der Waals surface area contributed by atoms with E-state index in [2.05, 4.69) is 55.1 Å². The van der Waals surface area contributed by atoms with Gasteiger partial charge in [0.1, 0.15) is 6.29 Å². The Labute approximate surface area is 132 Å². The van der Waals surface area contributed by atoms with Crippen LogP contribution in [0.2, 0.25) is 0 Å². The van der Waals surface area contributed by atoms with E-state index in [1.807, 2.05) is 12.2 Å². The maximum absolute atomic E-state index is 11.0. The van der Waals surface area contributed by atoms with Crippen molar-refractivity contribution < 1.29 is 4.79 Å². The highest BCUT2D eigenvalue weighted by Crippen LogP contribution is 2.43. The smallest absolute Gasteiger partial charge is 0.142 e. The Morgan fingerprint density at radius 2 is 1.50 bits per heavy atom. The van der Waals surface area contributed by atoms with E-state index < -0.39 is 0 Å². The first kappa shape index (κ1) is 14.5. The minimum Gasteiger partial charge on any atom is -0.299 e. The number of aryl methyl sites for hydroxylation is 2. The van der Waals surface area contributed by atoms with Crippen LogP contribution in [0.3, 0.4) is 0 Å². The fourth-order valence-electron chi connectivity index (χ4n) is 3.66. The van der Waals surface area contributed by atoms with Crippen LogP contribution in [0.5, 0.6) is 0 Å². The summed E-state index contributed by atoms with van der Waals surface area (Å²) >= 11 is 0. The third kappa shape index (κ3) is 2.33. The molecule has 2 aromatic rings. The summed E-state index contributed by atoms with van der Waals surface area (Å²) < 4.78 is 0. The predicted molar refractivity (Wildman–Crippen MR) is 91.1 cm³/mol. The zero-order valence-electron chi connectivity index (χ0n) is 12.7. The van der Waals surface area contributed by atoms with E-state index in [9.17, 15) is 4.79 Å². The molecule has 0 saturated heterocycles. The molecular formula is C21H20O. The van der Waals surface area contributed by atoms with Crippen LogP contribution in [0, 0.1) is 0 Å². The van der Waals surface area contributed by atoms with Crippen molar-refractivity contribution in [2.75, 3.05) is 0 Å². The fourth-order valence-corrected chi connectivity index (χ4v) is 3.66. The molecule has 0 saturated carbocycles. The van der Waals surface area contributed by atoms with Crippen molar-refractivity contribution >= 4 is 6.29 Å². The molecule has 1 heteroatoms. The van der Waals surface area contributed by atoms with Crippen molar-refractivity contribution in [1.29, 1.82) is 0 Å². The quantitative estimate of drug-likeness (QED) is 0.463. The first-order valence-electron chi connectivity index (χ1n) is 7.72. The maximum Gasteiger partial charge on any atom is 0.142 e. The Hall–Kier alpha value is -2.41. The number of aldehydes is 1. The first-order chi connectivity index (χ1) is 10.8. The molecule has 0 heterocycles. The SMILES string of the molecule is C=CCC1(/C=C/C=O)c2ccccc2CCc2ccccc21. The zero-order valence-corrected chi connectivity index (χ0v) is 12.7. The molecule has 3 rings (SSSR count). The zero-order chi connectivity index (χ0) is 15.4. The summed E-state index contributed by atoms with van der Waals surface area (Å²) in [5.74, 6) is 0. The molecule has 110 valence electrons. The second-order valence-corrected chi connectivity index (χ2v) is 5.77. The van der Waals surface area contributed by atoms with Gasteiger partial charge in [-0.05, 0) is 47.6 Å². The summed E-state index contributed by atoms with van der Waals surface area (Å²) in [6.07, 6.45) is 9.33. The average Bonchev–Trinajstić information content (AvgIpc) is 2.70. The van der Waals surface area contributed by atoms with Gasteiger partial charge in [0, 0.05) is 5.41 Å². The van der Waals surface area contributed by atoms with Crippen molar-refractivity contribution in [2.24, 2.45) is 0 Å². The molecule has 0 fully saturated rings. The lowest BCUT2D eigenvalue weighted by Crippen LogP contribution is -2.26. The number of rotatable bonds is 4. The number of hydrogen-bond acceptors (Lipinski definition) is 1. The molecule has 1 nitrogen and oxygen atoms in total. The number of benzene rings is 2. The minimum absolute atomic E-state index is 0.299. The second-order valence-electron chi connectivity index (χ2n) is 5.77. The van der Waals surface area contributed by atoms with Crippen LogP contribution in [0.4, 0.5) is 0 Å². The molecule has 0 radical (unpaired) electrons. The molecule has 0 aromatic heterocycles. The summed E-state index contributed by atoms with van der Waals surface area (Å²) in [6.45, 7) is 3.96. The Balaban J connectivity index is 2.35. The van der Waals surface area contributed by atoms with Crippen LogP contribution in [0.15, 0.2) is 73.3 Å². The summed E-state index contributed by atoms with van der Waals surface area (Å²) in [5, 5.41) is 0. The molecule has 0 N–H and O–H groups in total. The van der Waals surface area contributed by atoms with Gasteiger partial charge in [0.05, 0.1) is 0 Å². The van der Waals surface area contributed by atoms with Gasteiger partial charge >= 0.3 is 0 Å². The van der Waals surface area contributed by atoms with E-state index in [0.717, 1.165) is 25.5 Å². The van der Waals surface area contributed by atoms with Gasteiger partial charge in [-0.1, -0.05) is 60.7 Å². The van der Waals surface area contributed by atoms with Crippen molar-refractivity contribution in [3.05, 3.63) is 95.6 Å². The molecule has 1 aliphatic carbocycles. The van der Waals surface area contributed by atoms with E-state index in [4.69, 9.17) is 0 Å². The topological polar surface area (TPSA) is 17.1 Å². The number of carbonyl (C=O) groups is 1. The molecule has 0 spiro atoms. The van der Waals surface area contributed by atoms with Gasteiger partial charge in [-0.2, -0.15) is 0 Å². The van der Waals surface area contributed by atoms with E-state index >= 15 is 0 Å². The summed E-state index contributed by atoms with van der Waals surface area (Å²) in [4.78, 5) is 11.0. The van der Waals surface area contributed by atoms with Crippen LogP contribution in [0.25, 0.3) is 0 Å². The Bertz CT molecular complexity index is 677. The van der Waals surface area contributed by atoms with Crippen LogP contribution < -0.4 is 0 Å². The largest absolute Gasteiger partial charge is 0.299 e. The third-order valence-electron chi connectivity index (χ3n) is 4.59. The monoisotopic (exact) mass is 288 g/mol. The molecule has 2 aromatic carbocycles. The molecule has 1 aliphatic rings. The molecule has 0 bridgehead atoms. The summed E-state index contributed by atoms with van der Waals surface area (Å²) in [6, 6.07) is 17.1. The lowest BCUT2D eigenvalue weighted by Gasteiger charge is -2.33. The van der Waals surface area contributed by atoms with Gasteiger partial charge in [0.15, 0.2) is 0 Å². The van der Waals surface area contributed by atoms with E-state index in [1.54, 1.807) is 6.08 Å². The number of allylic oxidation sites excluding steroid dienone is 3. The molecule has 22 heavy (non-hydrogen) atoms. The Morgan fingerprint density at radius 3 is 2.00 bits per heavy atom. The molecule has 0 atom stereocenters. The number of fused-ring (bicyclic) bond motifs is 2. The molecule has 0 aliphatic heterocycles. The molecule has 0 amide bonds. The van der Waals surface area contributed by atoms with E-state index in [1.165, 1.54) is 22.3 Å². The van der Waals surface area contributed by atoms with Crippen molar-refractivity contribution in [3.8, 4) is 0 Å². The van der Waals surface area contributed by atoms with Crippen molar-refractivity contribution in [3.63, 3.8) is 0 Å². The van der Waals surface area contributed by atoms with Gasteiger partial charge in [-0.3, -0.25) is 4.79 Å². The standard InChI is InChI=1S/C21H20O/c1-2-14-21(15-7-16-22)19-10-5-3-8-17(19)12-13-18-9-4-6-11-20(18)21/h2-11,15-16H,1,12-14H2/b15-7+. The number of hydrogen-bond donors (Lipinski definition) is 0. The average molecular weight is 288 g/mol. The Morgan fingerprint density at radius 1 is 0.955 bits per heavy atom. The van der Waals surface area contributed by atoms with Gasteiger partial charge in [-0.25, -0.2) is 0 Å². The van der Waals surface area contributed by atoms with Crippen molar-refractivity contribution in [1.82, 2.24) is 0 Å². The lowest BCUT2D eigenvalue weighted by atomic mass is 9.70. The molecule has 0 unspecified atom stereocenters.